The molecule has 5 nitrogen and oxygen atoms in total. The molecule has 0 unspecified atom stereocenters. The summed E-state index contributed by atoms with van der Waals surface area (Å²) >= 11 is 0. The van der Waals surface area contributed by atoms with E-state index in [2.05, 4.69) is 5.32 Å². The normalized spacial score (nSPS) is 13.7. The van der Waals surface area contributed by atoms with E-state index in [9.17, 15) is 9.59 Å². The van der Waals surface area contributed by atoms with Crippen LogP contribution >= 0.6 is 0 Å². The lowest BCUT2D eigenvalue weighted by atomic mass is 10.2. The highest BCUT2D eigenvalue weighted by atomic mass is 16.5. The molecule has 0 aliphatic heterocycles. The van der Waals surface area contributed by atoms with Crippen molar-refractivity contribution in [3.8, 4) is 5.75 Å². The Bertz CT molecular complexity index is 777. The third-order valence-corrected chi connectivity index (χ3v) is 4.00. The average Bonchev–Trinajstić information content (AvgIpc) is 3.34. The van der Waals surface area contributed by atoms with Gasteiger partial charge in [0.25, 0.3) is 5.91 Å². The van der Waals surface area contributed by atoms with Gasteiger partial charge < -0.3 is 14.6 Å². The molecule has 1 aromatic carbocycles. The van der Waals surface area contributed by atoms with Crippen LogP contribution < -0.4 is 15.5 Å². The molecule has 23 heavy (non-hydrogen) atoms. The Morgan fingerprint density at radius 1 is 1.30 bits per heavy atom. The quantitative estimate of drug-likeness (QED) is 0.920. The number of nitrogens with zero attached hydrogens (tertiary/aromatic N) is 1. The lowest BCUT2D eigenvalue weighted by Gasteiger charge is -2.16. The molecule has 1 heterocycles. The molecule has 1 aromatic heterocycles. The summed E-state index contributed by atoms with van der Waals surface area (Å²) in [6.45, 7) is 2.05. The second-order valence-corrected chi connectivity index (χ2v) is 5.91. The number of rotatable bonds is 5. The van der Waals surface area contributed by atoms with Crippen molar-refractivity contribution >= 4 is 5.91 Å². The Kier molecular flexibility index (Phi) is 4.19. The lowest BCUT2D eigenvalue weighted by Crippen LogP contribution is -2.31. The standard InChI is InChI=1S/C18H20N2O3/c1-12-10-15(21)17(23-11-13-6-4-3-5-7-13)16(20(12)2)18(22)19-14-8-9-14/h3-7,10,14H,8-9,11H2,1-2H3,(H,19,22). The van der Waals surface area contributed by atoms with Gasteiger partial charge in [0.15, 0.2) is 11.4 Å². The molecule has 0 atom stereocenters. The first-order chi connectivity index (χ1) is 11.1. The van der Waals surface area contributed by atoms with Crippen LogP contribution in [0.25, 0.3) is 0 Å². The molecule has 1 amide bonds. The molecular formula is C18H20N2O3. The molecule has 1 fully saturated rings. The molecule has 0 spiro atoms. The Balaban J connectivity index is 1.92. The Morgan fingerprint density at radius 3 is 2.65 bits per heavy atom. The number of aryl methyl sites for hydroxylation is 1. The van der Waals surface area contributed by atoms with Crippen molar-refractivity contribution in [2.24, 2.45) is 7.05 Å². The summed E-state index contributed by atoms with van der Waals surface area (Å²) in [5.41, 5.74) is 1.70. The van der Waals surface area contributed by atoms with Gasteiger partial charge in [0.05, 0.1) is 0 Å². The second-order valence-electron chi connectivity index (χ2n) is 5.91. The number of amides is 1. The van der Waals surface area contributed by atoms with Gasteiger partial charge in [-0.1, -0.05) is 30.3 Å². The maximum Gasteiger partial charge on any atom is 0.272 e. The first-order valence-corrected chi connectivity index (χ1v) is 7.74. The minimum Gasteiger partial charge on any atom is -0.483 e. The Labute approximate surface area is 134 Å². The average molecular weight is 312 g/mol. The van der Waals surface area contributed by atoms with Gasteiger partial charge in [-0.15, -0.1) is 0 Å². The molecule has 1 aliphatic carbocycles. The SMILES string of the molecule is Cc1cc(=O)c(OCc2ccccc2)c(C(=O)NC2CC2)n1C. The fourth-order valence-electron chi connectivity index (χ4n) is 2.40. The topological polar surface area (TPSA) is 60.3 Å². The van der Waals surface area contributed by atoms with Gasteiger partial charge in [-0.2, -0.15) is 0 Å². The van der Waals surface area contributed by atoms with E-state index in [1.165, 1.54) is 6.07 Å². The molecule has 3 rings (SSSR count). The summed E-state index contributed by atoms with van der Waals surface area (Å²) in [4.78, 5) is 24.8. The molecule has 1 saturated carbocycles. The number of carbonyl (C=O) groups excluding carboxylic acids is 1. The van der Waals surface area contributed by atoms with Crippen LogP contribution in [0.2, 0.25) is 0 Å². The smallest absolute Gasteiger partial charge is 0.272 e. The van der Waals surface area contributed by atoms with E-state index in [1.54, 1.807) is 18.5 Å². The van der Waals surface area contributed by atoms with Crippen LogP contribution in [-0.4, -0.2) is 16.5 Å². The van der Waals surface area contributed by atoms with E-state index < -0.39 is 0 Å². The zero-order chi connectivity index (χ0) is 16.4. The Morgan fingerprint density at radius 2 is 2.00 bits per heavy atom. The molecule has 1 aliphatic rings. The van der Waals surface area contributed by atoms with E-state index in [-0.39, 0.29) is 35.4 Å². The minimum absolute atomic E-state index is 0.111. The second kappa shape index (κ2) is 6.28. The van der Waals surface area contributed by atoms with E-state index >= 15 is 0 Å². The van der Waals surface area contributed by atoms with Gasteiger partial charge in [0.2, 0.25) is 5.43 Å². The highest BCUT2D eigenvalue weighted by molar-refractivity contribution is 5.95. The van der Waals surface area contributed by atoms with Crippen molar-refractivity contribution in [1.29, 1.82) is 0 Å². The predicted molar refractivity (Wildman–Crippen MR) is 87.7 cm³/mol. The van der Waals surface area contributed by atoms with E-state index in [0.29, 0.717) is 0 Å². The first kappa shape index (κ1) is 15.3. The van der Waals surface area contributed by atoms with Gasteiger partial charge in [-0.05, 0) is 25.3 Å². The number of pyridine rings is 1. The highest BCUT2D eigenvalue weighted by Crippen LogP contribution is 2.22. The van der Waals surface area contributed by atoms with Gasteiger partial charge in [-0.25, -0.2) is 0 Å². The Hall–Kier alpha value is -2.56. The largest absolute Gasteiger partial charge is 0.483 e. The van der Waals surface area contributed by atoms with Crippen LogP contribution in [0.5, 0.6) is 5.75 Å². The zero-order valence-corrected chi connectivity index (χ0v) is 13.3. The van der Waals surface area contributed by atoms with Crippen molar-refractivity contribution in [2.75, 3.05) is 0 Å². The van der Waals surface area contributed by atoms with Crippen molar-refractivity contribution in [3.63, 3.8) is 0 Å². The third-order valence-electron chi connectivity index (χ3n) is 4.00. The zero-order valence-electron chi connectivity index (χ0n) is 13.3. The van der Waals surface area contributed by atoms with Crippen molar-refractivity contribution in [1.82, 2.24) is 9.88 Å². The van der Waals surface area contributed by atoms with Crippen molar-refractivity contribution < 1.29 is 9.53 Å². The molecule has 1 N–H and O–H groups in total. The molecule has 120 valence electrons. The summed E-state index contributed by atoms with van der Waals surface area (Å²) < 4.78 is 7.43. The minimum atomic E-state index is -0.266. The van der Waals surface area contributed by atoms with Crippen LogP contribution in [0.4, 0.5) is 0 Å². The van der Waals surface area contributed by atoms with Gasteiger partial charge in [0.1, 0.15) is 6.61 Å². The van der Waals surface area contributed by atoms with Crippen molar-refractivity contribution in [3.05, 3.63) is 63.6 Å². The molecule has 0 radical (unpaired) electrons. The maximum absolute atomic E-state index is 12.5. The van der Waals surface area contributed by atoms with Crippen LogP contribution in [-0.2, 0) is 13.7 Å². The van der Waals surface area contributed by atoms with Gasteiger partial charge in [0, 0.05) is 24.8 Å². The summed E-state index contributed by atoms with van der Waals surface area (Å²) in [6, 6.07) is 11.3. The number of aromatic nitrogens is 1. The number of benzene rings is 1. The van der Waals surface area contributed by atoms with E-state index in [1.807, 2.05) is 30.3 Å². The van der Waals surface area contributed by atoms with Crippen LogP contribution in [0.15, 0.2) is 41.2 Å². The fraction of sp³-hybridized carbons (Fsp3) is 0.333. The summed E-state index contributed by atoms with van der Waals surface area (Å²) in [5.74, 6) is -0.140. The van der Waals surface area contributed by atoms with Crippen LogP contribution in [0.1, 0.15) is 34.6 Å². The molecule has 0 saturated heterocycles. The van der Waals surface area contributed by atoms with Crippen LogP contribution in [0.3, 0.4) is 0 Å². The van der Waals surface area contributed by atoms with E-state index in [4.69, 9.17) is 4.74 Å². The molecule has 0 bridgehead atoms. The predicted octanol–water partition coefficient (Wildman–Crippen LogP) is 2.16. The third kappa shape index (κ3) is 3.44. The van der Waals surface area contributed by atoms with Crippen LogP contribution in [0, 0.1) is 6.92 Å². The fourth-order valence-corrected chi connectivity index (χ4v) is 2.40. The number of hydrogen-bond acceptors (Lipinski definition) is 3. The first-order valence-electron chi connectivity index (χ1n) is 7.74. The monoisotopic (exact) mass is 312 g/mol. The number of hydrogen-bond donors (Lipinski definition) is 1. The maximum atomic E-state index is 12.5. The molecule has 5 heteroatoms. The van der Waals surface area contributed by atoms with Gasteiger partial charge >= 0.3 is 0 Å². The van der Waals surface area contributed by atoms with Crippen molar-refractivity contribution in [2.45, 2.75) is 32.4 Å². The summed E-state index contributed by atoms with van der Waals surface area (Å²) in [7, 11) is 1.77. The number of carbonyl (C=O) groups is 1. The van der Waals surface area contributed by atoms with Gasteiger partial charge in [-0.3, -0.25) is 9.59 Å². The molecular weight excluding hydrogens is 292 g/mol. The van der Waals surface area contributed by atoms with E-state index in [0.717, 1.165) is 24.1 Å². The summed E-state index contributed by atoms with van der Waals surface area (Å²) in [6.07, 6.45) is 1.98. The number of nitrogens with one attached hydrogen (secondary N) is 1. The highest BCUT2D eigenvalue weighted by Gasteiger charge is 2.27. The molecule has 2 aromatic rings. The lowest BCUT2D eigenvalue weighted by molar-refractivity contribution is 0.0936. The number of ether oxygens (including phenoxy) is 1. The summed E-state index contributed by atoms with van der Waals surface area (Å²) in [5, 5.41) is 2.93.